The number of aliphatic hydroxyl groups is 1. The fourth-order valence-electron chi connectivity index (χ4n) is 2.70. The van der Waals surface area contributed by atoms with Crippen molar-refractivity contribution in [1.82, 2.24) is 0 Å². The molecule has 0 saturated heterocycles. The van der Waals surface area contributed by atoms with Crippen molar-refractivity contribution >= 4 is 0 Å². The van der Waals surface area contributed by atoms with Crippen LogP contribution in [0.2, 0.25) is 0 Å². The van der Waals surface area contributed by atoms with Gasteiger partial charge in [0.05, 0.1) is 0 Å². The zero-order chi connectivity index (χ0) is 11.0. The maximum atomic E-state index is 10.4. The van der Waals surface area contributed by atoms with E-state index >= 15 is 0 Å². The Morgan fingerprint density at radius 3 is 2.50 bits per heavy atom. The molecule has 0 spiro atoms. The lowest BCUT2D eigenvalue weighted by atomic mass is 9.58. The predicted octanol–water partition coefficient (Wildman–Crippen LogP) is 2.61. The second-order valence-corrected chi connectivity index (χ2v) is 5.13. The molecule has 1 aliphatic carbocycles. The van der Waals surface area contributed by atoms with Gasteiger partial charge in [0.2, 0.25) is 0 Å². The lowest BCUT2D eigenvalue weighted by molar-refractivity contribution is -0.0964. The van der Waals surface area contributed by atoms with Crippen LogP contribution < -0.4 is 0 Å². The van der Waals surface area contributed by atoms with E-state index in [0.29, 0.717) is 5.92 Å². The maximum absolute atomic E-state index is 10.4. The van der Waals surface area contributed by atoms with Crippen molar-refractivity contribution in [3.05, 3.63) is 12.7 Å². The minimum absolute atomic E-state index is 0.138. The fraction of sp³-hybridized carbons (Fsp3) is 0.692. The summed E-state index contributed by atoms with van der Waals surface area (Å²) in [6, 6.07) is 0. The van der Waals surface area contributed by atoms with Crippen LogP contribution in [-0.2, 0) is 0 Å². The molecule has 0 radical (unpaired) electrons. The smallest absolute Gasteiger partial charge is 0.132 e. The van der Waals surface area contributed by atoms with Crippen LogP contribution in [-0.4, -0.2) is 10.7 Å². The molecule has 1 heteroatoms. The van der Waals surface area contributed by atoms with Crippen molar-refractivity contribution in [3.8, 4) is 12.3 Å². The molecule has 1 fully saturated rings. The highest BCUT2D eigenvalue weighted by molar-refractivity contribution is 5.19. The number of terminal acetylenes is 1. The predicted molar refractivity (Wildman–Crippen MR) is 59.6 cm³/mol. The number of hydrogen-bond donors (Lipinski definition) is 1. The van der Waals surface area contributed by atoms with Gasteiger partial charge in [-0.1, -0.05) is 32.8 Å². The van der Waals surface area contributed by atoms with Crippen molar-refractivity contribution in [1.29, 1.82) is 0 Å². The summed E-state index contributed by atoms with van der Waals surface area (Å²) in [5.74, 6) is 3.20. The Morgan fingerprint density at radius 2 is 2.14 bits per heavy atom. The SMILES string of the molecule is C#C[C@@]1(O)[C@@H](C)C[C@H](C=C)CC1(C)C. The van der Waals surface area contributed by atoms with Gasteiger partial charge in [-0.15, -0.1) is 13.0 Å². The lowest BCUT2D eigenvalue weighted by Crippen LogP contribution is -2.53. The summed E-state index contributed by atoms with van der Waals surface area (Å²) >= 11 is 0. The summed E-state index contributed by atoms with van der Waals surface area (Å²) in [6.07, 6.45) is 9.30. The Morgan fingerprint density at radius 1 is 1.57 bits per heavy atom. The molecule has 1 saturated carbocycles. The zero-order valence-corrected chi connectivity index (χ0v) is 9.38. The van der Waals surface area contributed by atoms with Crippen LogP contribution in [0.1, 0.15) is 33.6 Å². The van der Waals surface area contributed by atoms with Crippen molar-refractivity contribution < 1.29 is 5.11 Å². The molecule has 3 atom stereocenters. The van der Waals surface area contributed by atoms with E-state index in [1.807, 2.05) is 26.8 Å². The van der Waals surface area contributed by atoms with E-state index in [-0.39, 0.29) is 11.3 Å². The molecule has 0 aromatic carbocycles. The summed E-state index contributed by atoms with van der Waals surface area (Å²) in [6.45, 7) is 9.93. The minimum atomic E-state index is -0.966. The molecular weight excluding hydrogens is 172 g/mol. The first-order valence-electron chi connectivity index (χ1n) is 5.20. The van der Waals surface area contributed by atoms with E-state index in [9.17, 15) is 5.11 Å². The van der Waals surface area contributed by atoms with Gasteiger partial charge in [-0.3, -0.25) is 0 Å². The Balaban J connectivity index is 3.01. The third-order valence-electron chi connectivity index (χ3n) is 3.73. The molecule has 1 N–H and O–H groups in total. The molecule has 0 amide bonds. The zero-order valence-electron chi connectivity index (χ0n) is 9.38. The molecule has 0 heterocycles. The molecule has 0 aromatic heterocycles. The van der Waals surface area contributed by atoms with Crippen LogP contribution in [0.25, 0.3) is 0 Å². The van der Waals surface area contributed by atoms with Gasteiger partial charge in [0.15, 0.2) is 0 Å². The van der Waals surface area contributed by atoms with Gasteiger partial charge >= 0.3 is 0 Å². The standard InChI is InChI=1S/C13H20O/c1-6-11-8-10(3)13(14,7-2)12(4,5)9-11/h2,6,10-11,14H,1,8-9H2,3-5H3/t10-,11-,13+/m0/s1. The van der Waals surface area contributed by atoms with Crippen LogP contribution in [0.3, 0.4) is 0 Å². The van der Waals surface area contributed by atoms with Gasteiger partial charge in [-0.25, -0.2) is 0 Å². The highest BCUT2D eigenvalue weighted by Gasteiger charge is 2.50. The quantitative estimate of drug-likeness (QED) is 0.500. The molecular formula is C13H20O. The topological polar surface area (TPSA) is 20.2 Å². The Labute approximate surface area is 87.2 Å². The molecule has 0 bridgehead atoms. The van der Waals surface area contributed by atoms with Crippen LogP contribution in [0.5, 0.6) is 0 Å². The summed E-state index contributed by atoms with van der Waals surface area (Å²) in [7, 11) is 0. The van der Waals surface area contributed by atoms with Crippen molar-refractivity contribution in [2.45, 2.75) is 39.2 Å². The van der Waals surface area contributed by atoms with E-state index < -0.39 is 5.60 Å². The average molecular weight is 192 g/mol. The summed E-state index contributed by atoms with van der Waals surface area (Å²) < 4.78 is 0. The molecule has 14 heavy (non-hydrogen) atoms. The van der Waals surface area contributed by atoms with Crippen LogP contribution in [0.4, 0.5) is 0 Å². The lowest BCUT2D eigenvalue weighted by Gasteiger charge is -2.49. The Bertz CT molecular complexity index is 271. The van der Waals surface area contributed by atoms with Gasteiger partial charge < -0.3 is 5.11 Å². The highest BCUT2D eigenvalue weighted by Crippen LogP contribution is 2.49. The van der Waals surface area contributed by atoms with Crippen LogP contribution >= 0.6 is 0 Å². The summed E-state index contributed by atoms with van der Waals surface area (Å²) in [5.41, 5.74) is -1.19. The number of hydrogen-bond acceptors (Lipinski definition) is 1. The molecule has 78 valence electrons. The maximum Gasteiger partial charge on any atom is 0.132 e. The van der Waals surface area contributed by atoms with E-state index in [1.165, 1.54) is 0 Å². The molecule has 0 aromatic rings. The van der Waals surface area contributed by atoms with Crippen LogP contribution in [0.15, 0.2) is 12.7 Å². The normalized spacial score (nSPS) is 41.4. The Hall–Kier alpha value is -0.740. The highest BCUT2D eigenvalue weighted by atomic mass is 16.3. The molecule has 1 nitrogen and oxygen atoms in total. The average Bonchev–Trinajstić information content (AvgIpc) is 2.12. The van der Waals surface area contributed by atoms with Crippen LogP contribution in [0, 0.1) is 29.6 Å². The van der Waals surface area contributed by atoms with E-state index in [2.05, 4.69) is 12.5 Å². The van der Waals surface area contributed by atoms with E-state index in [4.69, 9.17) is 6.42 Å². The van der Waals surface area contributed by atoms with Crippen molar-refractivity contribution in [2.75, 3.05) is 0 Å². The first-order valence-corrected chi connectivity index (χ1v) is 5.20. The monoisotopic (exact) mass is 192 g/mol. The minimum Gasteiger partial charge on any atom is -0.377 e. The van der Waals surface area contributed by atoms with E-state index in [1.54, 1.807) is 0 Å². The Kier molecular flexibility index (Phi) is 2.78. The number of rotatable bonds is 1. The third-order valence-corrected chi connectivity index (χ3v) is 3.73. The molecule has 0 aliphatic heterocycles. The second kappa shape index (κ2) is 3.44. The van der Waals surface area contributed by atoms with Gasteiger partial charge in [-0.05, 0) is 24.7 Å². The second-order valence-electron chi connectivity index (χ2n) is 5.13. The van der Waals surface area contributed by atoms with E-state index in [0.717, 1.165) is 12.8 Å². The first-order chi connectivity index (χ1) is 6.37. The first kappa shape index (κ1) is 11.3. The molecule has 1 aliphatic rings. The fourth-order valence-corrected chi connectivity index (χ4v) is 2.70. The molecule has 0 unspecified atom stereocenters. The van der Waals surface area contributed by atoms with Crippen molar-refractivity contribution in [3.63, 3.8) is 0 Å². The summed E-state index contributed by atoms with van der Waals surface area (Å²) in [5, 5.41) is 10.4. The van der Waals surface area contributed by atoms with Gasteiger partial charge in [0.1, 0.15) is 5.60 Å². The van der Waals surface area contributed by atoms with Gasteiger partial charge in [0.25, 0.3) is 0 Å². The largest absolute Gasteiger partial charge is 0.377 e. The summed E-state index contributed by atoms with van der Waals surface area (Å²) in [4.78, 5) is 0. The molecule has 1 rings (SSSR count). The van der Waals surface area contributed by atoms with Crippen molar-refractivity contribution in [2.24, 2.45) is 17.3 Å². The van der Waals surface area contributed by atoms with Gasteiger partial charge in [-0.2, -0.15) is 0 Å². The van der Waals surface area contributed by atoms with Gasteiger partial charge in [0, 0.05) is 5.41 Å². The third kappa shape index (κ3) is 1.48. The number of allylic oxidation sites excluding steroid dienone is 1.